The molecule has 0 saturated carbocycles. The normalized spacial score (nSPS) is 11.0. The zero-order valence-corrected chi connectivity index (χ0v) is 11.0. The molecule has 1 aromatic carbocycles. The summed E-state index contributed by atoms with van der Waals surface area (Å²) in [6.45, 7) is 0. The molecule has 0 N–H and O–H groups in total. The Morgan fingerprint density at radius 2 is 2.11 bits per heavy atom. The highest BCUT2D eigenvalue weighted by Crippen LogP contribution is 2.32. The molecule has 1 aliphatic heterocycles. The van der Waals surface area contributed by atoms with Gasteiger partial charge in [-0.25, -0.2) is 4.98 Å². The van der Waals surface area contributed by atoms with Gasteiger partial charge in [0.15, 0.2) is 5.75 Å². The highest BCUT2D eigenvalue weighted by Gasteiger charge is 2.11. The fourth-order valence-corrected chi connectivity index (χ4v) is 2.90. The lowest BCUT2D eigenvalue weighted by atomic mass is 10.2. The first-order valence-electron chi connectivity index (χ1n) is 5.25. The summed E-state index contributed by atoms with van der Waals surface area (Å²) in [4.78, 5) is 17.0. The van der Waals surface area contributed by atoms with Crippen LogP contribution in [0.4, 0.5) is 0 Å². The van der Waals surface area contributed by atoms with E-state index in [9.17, 15) is 4.79 Å². The van der Waals surface area contributed by atoms with Gasteiger partial charge in [0.2, 0.25) is 5.43 Å². The van der Waals surface area contributed by atoms with Crippen molar-refractivity contribution in [3.05, 3.63) is 45.6 Å². The Labute approximate surface area is 112 Å². The molecule has 0 spiro atoms. The molecule has 0 bridgehead atoms. The van der Waals surface area contributed by atoms with Gasteiger partial charge in [-0.3, -0.25) is 4.79 Å². The van der Waals surface area contributed by atoms with E-state index >= 15 is 0 Å². The van der Waals surface area contributed by atoms with E-state index in [0.717, 1.165) is 20.8 Å². The second-order valence-electron chi connectivity index (χ2n) is 3.80. The molecule has 0 unspecified atom stereocenters. The topological polar surface area (TPSA) is 39.2 Å². The Morgan fingerprint density at radius 1 is 1.28 bits per heavy atom. The first kappa shape index (κ1) is 11.4. The first-order chi connectivity index (χ1) is 8.67. The maximum absolute atomic E-state index is 11.7. The lowest BCUT2D eigenvalue weighted by Gasteiger charge is -2.07. The Morgan fingerprint density at radius 3 is 2.89 bits per heavy atom. The minimum Gasteiger partial charge on any atom is -0.493 e. The molecule has 0 amide bonds. The number of nitrogens with zero attached hydrogens (tertiary/aromatic N) is 1. The van der Waals surface area contributed by atoms with Crippen LogP contribution in [0.15, 0.2) is 35.1 Å². The van der Waals surface area contributed by atoms with E-state index in [1.807, 2.05) is 18.2 Å². The number of ether oxygens (including phenoxy) is 1. The van der Waals surface area contributed by atoms with Crippen molar-refractivity contribution in [1.82, 2.24) is 4.98 Å². The number of rotatable bonds is 1. The minimum absolute atomic E-state index is 0.128. The fourth-order valence-electron chi connectivity index (χ4n) is 1.77. The van der Waals surface area contributed by atoms with Crippen molar-refractivity contribution in [3.8, 4) is 16.3 Å². The van der Waals surface area contributed by atoms with Gasteiger partial charge >= 0.3 is 0 Å². The highest BCUT2D eigenvalue weighted by molar-refractivity contribution is 7.21. The Hall–Kier alpha value is -1.65. The molecule has 3 nitrogen and oxygen atoms in total. The zero-order valence-electron chi connectivity index (χ0n) is 9.44. The van der Waals surface area contributed by atoms with Crippen LogP contribution in [0.3, 0.4) is 0 Å². The molecule has 0 saturated heterocycles. The maximum atomic E-state index is 11.7. The molecule has 0 atom stereocenters. The fraction of sp³-hybridized carbons (Fsp3) is 0.0769. The smallest absolute Gasteiger partial charge is 0.221 e. The first-order valence-corrected chi connectivity index (χ1v) is 6.45. The molecule has 0 aromatic heterocycles. The van der Waals surface area contributed by atoms with E-state index in [0.29, 0.717) is 10.8 Å². The van der Waals surface area contributed by atoms with E-state index in [2.05, 4.69) is 4.98 Å². The molecule has 2 aliphatic rings. The molecule has 18 heavy (non-hydrogen) atoms. The predicted octanol–water partition coefficient (Wildman–Crippen LogP) is 3.42. The quantitative estimate of drug-likeness (QED) is 0.640. The predicted molar refractivity (Wildman–Crippen MR) is 74.1 cm³/mol. The number of methoxy groups -OCH3 is 1. The van der Waals surface area contributed by atoms with Crippen LogP contribution < -0.4 is 10.2 Å². The highest BCUT2D eigenvalue weighted by atomic mass is 35.5. The van der Waals surface area contributed by atoms with Gasteiger partial charge in [-0.1, -0.05) is 11.6 Å². The van der Waals surface area contributed by atoms with Crippen LogP contribution >= 0.6 is 22.9 Å². The van der Waals surface area contributed by atoms with Crippen molar-refractivity contribution in [3.63, 3.8) is 0 Å². The Kier molecular flexibility index (Phi) is 2.69. The second kappa shape index (κ2) is 4.23. The summed E-state index contributed by atoms with van der Waals surface area (Å²) in [6, 6.07) is 8.75. The second-order valence-corrected chi connectivity index (χ2v) is 5.32. The Bertz CT molecular complexity index is 769. The molecule has 1 aliphatic carbocycles. The molecule has 1 heterocycles. The van der Waals surface area contributed by atoms with Gasteiger partial charge in [0.1, 0.15) is 0 Å². The zero-order chi connectivity index (χ0) is 12.7. The van der Waals surface area contributed by atoms with Gasteiger partial charge in [0.25, 0.3) is 0 Å². The third-order valence-electron chi connectivity index (χ3n) is 2.63. The summed E-state index contributed by atoms with van der Waals surface area (Å²) >= 11 is 7.46. The summed E-state index contributed by atoms with van der Waals surface area (Å²) in [5.74, 6) is 0.309. The summed E-state index contributed by atoms with van der Waals surface area (Å²) in [6.07, 6.45) is 0. The van der Waals surface area contributed by atoms with Gasteiger partial charge in [-0.2, -0.15) is 0 Å². The summed E-state index contributed by atoms with van der Waals surface area (Å²) in [5, 5.41) is 0.647. The number of benzene rings is 2. The summed E-state index contributed by atoms with van der Waals surface area (Å²) in [7, 11) is 1.48. The average Bonchev–Trinajstić information content (AvgIpc) is 2.36. The maximum Gasteiger partial charge on any atom is 0.221 e. The summed E-state index contributed by atoms with van der Waals surface area (Å²) < 4.78 is 6.01. The third kappa shape index (κ3) is 1.83. The molecule has 3 rings (SSSR count). The van der Waals surface area contributed by atoms with Gasteiger partial charge in [-0.05, 0) is 18.2 Å². The van der Waals surface area contributed by atoms with Crippen LogP contribution in [0.1, 0.15) is 0 Å². The SMILES string of the molecule is COc1cc2nc3cc(Cl)ccc3sc-2cc1=O. The number of aromatic nitrogens is 1. The van der Waals surface area contributed by atoms with Crippen LogP contribution in [0, 0.1) is 0 Å². The van der Waals surface area contributed by atoms with Gasteiger partial charge < -0.3 is 4.74 Å². The van der Waals surface area contributed by atoms with Crippen molar-refractivity contribution >= 4 is 33.2 Å². The van der Waals surface area contributed by atoms with Crippen molar-refractivity contribution in [1.29, 1.82) is 0 Å². The van der Waals surface area contributed by atoms with Crippen molar-refractivity contribution < 1.29 is 4.74 Å². The molecule has 1 aromatic rings. The van der Waals surface area contributed by atoms with Crippen molar-refractivity contribution in [2.45, 2.75) is 0 Å². The number of hydrogen-bond donors (Lipinski definition) is 0. The van der Waals surface area contributed by atoms with E-state index in [1.165, 1.54) is 18.4 Å². The number of fused-ring (bicyclic) bond motifs is 2. The molecule has 0 fully saturated rings. The standard InChI is InChI=1S/C13H8ClNO2S/c1-17-11-5-9-13(6-10(11)16)18-12-3-2-7(14)4-8(12)15-9/h2-6H,1H3. The van der Waals surface area contributed by atoms with E-state index in [4.69, 9.17) is 16.3 Å². The van der Waals surface area contributed by atoms with Crippen LogP contribution in [-0.4, -0.2) is 12.1 Å². The average molecular weight is 278 g/mol. The van der Waals surface area contributed by atoms with Crippen LogP contribution in [0.2, 0.25) is 5.02 Å². The molecule has 0 radical (unpaired) electrons. The van der Waals surface area contributed by atoms with Crippen molar-refractivity contribution in [2.75, 3.05) is 7.11 Å². The van der Waals surface area contributed by atoms with Crippen LogP contribution in [0.5, 0.6) is 5.75 Å². The molecular formula is C13H8ClNO2S. The van der Waals surface area contributed by atoms with Gasteiger partial charge in [0.05, 0.1) is 27.9 Å². The van der Waals surface area contributed by atoms with Crippen LogP contribution in [0.25, 0.3) is 20.8 Å². The largest absolute Gasteiger partial charge is 0.493 e. The number of hydrogen-bond acceptors (Lipinski definition) is 4. The van der Waals surface area contributed by atoms with Gasteiger partial charge in [-0.15, -0.1) is 11.3 Å². The lowest BCUT2D eigenvalue weighted by Crippen LogP contribution is -2.05. The Balaban J connectivity index is 2.39. The molecule has 90 valence electrons. The van der Waals surface area contributed by atoms with E-state index in [-0.39, 0.29) is 5.43 Å². The van der Waals surface area contributed by atoms with E-state index < -0.39 is 0 Å². The third-order valence-corrected chi connectivity index (χ3v) is 3.97. The van der Waals surface area contributed by atoms with Crippen LogP contribution in [-0.2, 0) is 0 Å². The van der Waals surface area contributed by atoms with E-state index in [1.54, 1.807) is 12.1 Å². The monoisotopic (exact) mass is 277 g/mol. The van der Waals surface area contributed by atoms with Gasteiger partial charge in [0, 0.05) is 17.2 Å². The molecular weight excluding hydrogens is 270 g/mol. The minimum atomic E-state index is -0.128. The van der Waals surface area contributed by atoms with Crippen molar-refractivity contribution in [2.24, 2.45) is 0 Å². The lowest BCUT2D eigenvalue weighted by molar-refractivity contribution is 0.411. The summed E-state index contributed by atoms with van der Waals surface area (Å²) in [5.41, 5.74) is 1.43. The molecule has 5 heteroatoms. The number of halogens is 1.